The van der Waals surface area contributed by atoms with Crippen LogP contribution in [0.25, 0.3) is 0 Å². The van der Waals surface area contributed by atoms with E-state index in [1.165, 1.54) is 4.57 Å². The van der Waals surface area contributed by atoms with Gasteiger partial charge in [0.25, 0.3) is 11.5 Å². The van der Waals surface area contributed by atoms with Crippen LogP contribution in [0.3, 0.4) is 0 Å². The van der Waals surface area contributed by atoms with Gasteiger partial charge in [-0.3, -0.25) is 14.4 Å². The number of nitrogens with one attached hydrogen (secondary N) is 1. The Labute approximate surface area is 146 Å². The minimum Gasteiger partial charge on any atom is -0.480 e. The first kappa shape index (κ1) is 17.7. The van der Waals surface area contributed by atoms with Crippen molar-refractivity contribution in [3.05, 3.63) is 33.2 Å². The van der Waals surface area contributed by atoms with Crippen LogP contribution in [0.5, 0.6) is 0 Å². The summed E-state index contributed by atoms with van der Waals surface area (Å²) in [5.74, 6) is -1.03. The molecule has 1 aromatic rings. The number of nitrogens with zero attached hydrogens (tertiary/aromatic N) is 2. The third-order valence-electron chi connectivity index (χ3n) is 5.85. The molecule has 3 rings (SSSR count). The van der Waals surface area contributed by atoms with Gasteiger partial charge in [0.1, 0.15) is 11.6 Å². The summed E-state index contributed by atoms with van der Waals surface area (Å²) in [6, 6.07) is 1.37. The molecule has 0 aromatic carbocycles. The Balaban J connectivity index is 1.74. The summed E-state index contributed by atoms with van der Waals surface area (Å²) >= 11 is 0. The van der Waals surface area contributed by atoms with E-state index >= 15 is 0 Å². The lowest BCUT2D eigenvalue weighted by Crippen LogP contribution is -2.46. The molecule has 0 aliphatic carbocycles. The molecule has 1 amide bonds. The van der Waals surface area contributed by atoms with Crippen molar-refractivity contribution in [2.24, 2.45) is 12.5 Å². The van der Waals surface area contributed by atoms with Gasteiger partial charge in [-0.05, 0) is 50.2 Å². The van der Waals surface area contributed by atoms with Crippen molar-refractivity contribution in [2.75, 3.05) is 19.6 Å². The zero-order valence-electron chi connectivity index (χ0n) is 15.0. The first-order chi connectivity index (χ1) is 11.7. The van der Waals surface area contributed by atoms with Gasteiger partial charge in [-0.15, -0.1) is 0 Å². The number of aryl methyl sites for hydroxylation is 2. The van der Waals surface area contributed by atoms with Gasteiger partial charge in [-0.2, -0.15) is 0 Å². The van der Waals surface area contributed by atoms with E-state index in [9.17, 15) is 14.4 Å². The predicted octanol–water partition coefficient (Wildman–Crippen LogP) is 0.671. The normalized spacial score (nSPS) is 22.4. The topological polar surface area (TPSA) is 91.6 Å². The number of hydrogen-bond donors (Lipinski definition) is 2. The lowest BCUT2D eigenvalue weighted by molar-refractivity contribution is -0.139. The molecule has 0 radical (unpaired) electrons. The molecule has 7 heteroatoms. The number of piperidine rings is 1. The maximum absolute atomic E-state index is 12.9. The van der Waals surface area contributed by atoms with Gasteiger partial charge >= 0.3 is 5.97 Å². The number of carboxylic acid groups (broad SMARTS) is 1. The van der Waals surface area contributed by atoms with Gasteiger partial charge in [-0.1, -0.05) is 0 Å². The third-order valence-corrected chi connectivity index (χ3v) is 5.85. The number of rotatable bonds is 2. The largest absolute Gasteiger partial charge is 0.480 e. The van der Waals surface area contributed by atoms with Crippen molar-refractivity contribution in [3.8, 4) is 0 Å². The molecule has 1 spiro atoms. The average molecular weight is 347 g/mol. The van der Waals surface area contributed by atoms with Crippen LogP contribution in [-0.4, -0.2) is 52.1 Å². The van der Waals surface area contributed by atoms with E-state index < -0.39 is 12.0 Å². The standard InChI is InChI=1S/C18H25N3O4/c1-11-8-12(2)20(3)15(22)14(11)16(23)21-6-4-18(5-7-21)9-13(17(24)25)19-10-18/h8,13,19H,4-7,9-10H2,1-3H3,(H,24,25)/t13-/m0/s1. The predicted molar refractivity (Wildman–Crippen MR) is 92.8 cm³/mol. The molecule has 1 aromatic heterocycles. The highest BCUT2D eigenvalue weighted by molar-refractivity contribution is 5.95. The van der Waals surface area contributed by atoms with Gasteiger partial charge in [0.05, 0.1) is 0 Å². The summed E-state index contributed by atoms with van der Waals surface area (Å²) in [5.41, 5.74) is 1.48. The maximum Gasteiger partial charge on any atom is 0.320 e. The van der Waals surface area contributed by atoms with Crippen LogP contribution >= 0.6 is 0 Å². The summed E-state index contributed by atoms with van der Waals surface area (Å²) in [7, 11) is 1.68. The first-order valence-corrected chi connectivity index (χ1v) is 8.67. The van der Waals surface area contributed by atoms with E-state index in [1.54, 1.807) is 18.9 Å². The smallest absolute Gasteiger partial charge is 0.320 e. The zero-order valence-corrected chi connectivity index (χ0v) is 15.0. The molecule has 2 aliphatic rings. The van der Waals surface area contributed by atoms with E-state index in [0.717, 1.165) is 18.5 Å². The van der Waals surface area contributed by atoms with Crippen molar-refractivity contribution in [1.82, 2.24) is 14.8 Å². The van der Waals surface area contributed by atoms with Crippen LogP contribution in [0.2, 0.25) is 0 Å². The van der Waals surface area contributed by atoms with Crippen molar-refractivity contribution in [1.29, 1.82) is 0 Å². The summed E-state index contributed by atoms with van der Waals surface area (Å²) in [6.45, 7) is 5.44. The minimum absolute atomic E-state index is 0.0485. The van der Waals surface area contributed by atoms with Gasteiger partial charge in [0.15, 0.2) is 0 Å². The molecule has 0 saturated carbocycles. The fourth-order valence-corrected chi connectivity index (χ4v) is 4.05. The van der Waals surface area contributed by atoms with E-state index in [2.05, 4.69) is 5.32 Å². The van der Waals surface area contributed by atoms with Crippen molar-refractivity contribution in [3.63, 3.8) is 0 Å². The van der Waals surface area contributed by atoms with Gasteiger partial charge in [0.2, 0.25) is 0 Å². The fraction of sp³-hybridized carbons (Fsp3) is 0.611. The Bertz CT molecular complexity index is 775. The average Bonchev–Trinajstić information content (AvgIpc) is 2.97. The molecule has 0 bridgehead atoms. The van der Waals surface area contributed by atoms with E-state index in [0.29, 0.717) is 31.6 Å². The molecular weight excluding hydrogens is 322 g/mol. The quantitative estimate of drug-likeness (QED) is 0.820. The summed E-state index contributed by atoms with van der Waals surface area (Å²) < 4.78 is 1.50. The molecule has 2 N–H and O–H groups in total. The number of amides is 1. The molecule has 3 heterocycles. The Kier molecular flexibility index (Phi) is 4.45. The molecule has 136 valence electrons. The van der Waals surface area contributed by atoms with Crippen LogP contribution in [0.1, 0.15) is 40.9 Å². The number of carboxylic acids is 1. The number of aliphatic carboxylic acids is 1. The summed E-state index contributed by atoms with van der Waals surface area (Å²) in [4.78, 5) is 38.3. The maximum atomic E-state index is 12.9. The molecule has 2 fully saturated rings. The molecular formula is C18H25N3O4. The monoisotopic (exact) mass is 347 g/mol. The molecule has 1 atom stereocenters. The molecule has 2 aliphatic heterocycles. The molecule has 25 heavy (non-hydrogen) atoms. The highest BCUT2D eigenvalue weighted by atomic mass is 16.4. The van der Waals surface area contributed by atoms with Crippen LogP contribution in [0, 0.1) is 19.3 Å². The SMILES string of the molecule is Cc1cc(C)n(C)c(=O)c1C(=O)N1CCC2(CC1)CN[C@H](C(=O)O)C2. The van der Waals surface area contributed by atoms with Gasteiger partial charge in [0, 0.05) is 32.4 Å². The van der Waals surface area contributed by atoms with E-state index in [1.807, 2.05) is 13.0 Å². The van der Waals surface area contributed by atoms with Crippen molar-refractivity contribution in [2.45, 2.75) is 39.2 Å². The van der Waals surface area contributed by atoms with Crippen LogP contribution in [-0.2, 0) is 11.8 Å². The second-order valence-corrected chi connectivity index (χ2v) is 7.48. The zero-order chi connectivity index (χ0) is 18.4. The third kappa shape index (κ3) is 3.08. The number of carbonyl (C=O) groups excluding carboxylic acids is 1. The number of carbonyl (C=O) groups is 2. The Morgan fingerprint density at radius 2 is 1.92 bits per heavy atom. The minimum atomic E-state index is -0.811. The lowest BCUT2D eigenvalue weighted by atomic mass is 9.76. The van der Waals surface area contributed by atoms with Crippen molar-refractivity contribution >= 4 is 11.9 Å². The van der Waals surface area contributed by atoms with Crippen LogP contribution in [0.4, 0.5) is 0 Å². The Morgan fingerprint density at radius 1 is 1.28 bits per heavy atom. The number of pyridine rings is 1. The highest BCUT2D eigenvalue weighted by Crippen LogP contribution is 2.39. The van der Waals surface area contributed by atoms with Crippen molar-refractivity contribution < 1.29 is 14.7 Å². The van der Waals surface area contributed by atoms with Gasteiger partial charge in [-0.25, -0.2) is 0 Å². The first-order valence-electron chi connectivity index (χ1n) is 8.67. The Morgan fingerprint density at radius 3 is 2.48 bits per heavy atom. The van der Waals surface area contributed by atoms with E-state index in [4.69, 9.17) is 5.11 Å². The second-order valence-electron chi connectivity index (χ2n) is 7.48. The second kappa shape index (κ2) is 6.29. The van der Waals surface area contributed by atoms with Crippen LogP contribution in [0.15, 0.2) is 10.9 Å². The molecule has 2 saturated heterocycles. The number of likely N-dealkylation sites (tertiary alicyclic amines) is 1. The van der Waals surface area contributed by atoms with Gasteiger partial charge < -0.3 is 19.9 Å². The number of hydrogen-bond acceptors (Lipinski definition) is 4. The Hall–Kier alpha value is -2.15. The van der Waals surface area contributed by atoms with Crippen LogP contribution < -0.4 is 10.9 Å². The number of aromatic nitrogens is 1. The highest BCUT2D eigenvalue weighted by Gasteiger charge is 2.44. The molecule has 0 unspecified atom stereocenters. The van der Waals surface area contributed by atoms with E-state index in [-0.39, 0.29) is 22.4 Å². The fourth-order valence-electron chi connectivity index (χ4n) is 4.05. The summed E-state index contributed by atoms with van der Waals surface area (Å²) in [5, 5.41) is 12.2. The lowest BCUT2D eigenvalue weighted by Gasteiger charge is -2.39. The summed E-state index contributed by atoms with van der Waals surface area (Å²) in [6.07, 6.45) is 2.14. The molecule has 7 nitrogen and oxygen atoms in total.